The first-order chi connectivity index (χ1) is 17.6. The monoisotopic (exact) mass is 563 g/mol. The molecule has 0 saturated heterocycles. The van der Waals surface area contributed by atoms with Gasteiger partial charge in [0.25, 0.3) is 5.91 Å². The van der Waals surface area contributed by atoms with E-state index in [2.05, 4.69) is 22.1 Å². The minimum Gasteiger partial charge on any atom is -0.481 e. The van der Waals surface area contributed by atoms with E-state index in [4.69, 9.17) is 26.8 Å². The number of allylic oxidation sites excluding steroid dienone is 1. The normalized spacial score (nSPS) is 11.6. The summed E-state index contributed by atoms with van der Waals surface area (Å²) in [5, 5.41) is 12.3. The Bertz CT molecular complexity index is 1350. The maximum Gasteiger partial charge on any atom is 0.341 e. The van der Waals surface area contributed by atoms with Gasteiger partial charge in [-0.3, -0.25) is 14.2 Å². The predicted octanol–water partition coefficient (Wildman–Crippen LogP) is 4.55. The van der Waals surface area contributed by atoms with Crippen molar-refractivity contribution in [1.82, 2.24) is 14.8 Å². The Morgan fingerprint density at radius 3 is 2.70 bits per heavy atom. The highest BCUT2D eigenvalue weighted by Crippen LogP contribution is 2.34. The molecule has 0 aliphatic heterocycles. The van der Waals surface area contributed by atoms with Gasteiger partial charge in [-0.2, -0.15) is 0 Å². The number of esters is 1. The molecule has 2 heterocycles. The van der Waals surface area contributed by atoms with E-state index in [-0.39, 0.29) is 21.2 Å². The molecule has 10 nitrogen and oxygen atoms in total. The van der Waals surface area contributed by atoms with Crippen LogP contribution in [0, 0.1) is 13.8 Å². The number of benzene rings is 1. The van der Waals surface area contributed by atoms with Crippen LogP contribution in [0.25, 0.3) is 0 Å². The summed E-state index contributed by atoms with van der Waals surface area (Å²) in [7, 11) is 1.21. The Balaban J connectivity index is 1.76. The summed E-state index contributed by atoms with van der Waals surface area (Å²) in [4.78, 5) is 36.9. The highest BCUT2D eigenvalue weighted by molar-refractivity contribution is 7.99. The van der Waals surface area contributed by atoms with Crippen molar-refractivity contribution in [1.29, 1.82) is 0 Å². The van der Waals surface area contributed by atoms with Crippen LogP contribution in [0.3, 0.4) is 0 Å². The van der Waals surface area contributed by atoms with Crippen LogP contribution in [-0.2, 0) is 16.1 Å². The molecule has 2 amide bonds. The molecule has 3 aromatic rings. The molecule has 37 heavy (non-hydrogen) atoms. The first kappa shape index (κ1) is 28.2. The third kappa shape index (κ3) is 6.51. The fourth-order valence-electron chi connectivity index (χ4n) is 3.43. The van der Waals surface area contributed by atoms with Gasteiger partial charge in [0, 0.05) is 6.54 Å². The summed E-state index contributed by atoms with van der Waals surface area (Å²) in [6.45, 7) is 9.51. The van der Waals surface area contributed by atoms with Crippen molar-refractivity contribution < 1.29 is 23.9 Å². The zero-order valence-electron chi connectivity index (χ0n) is 20.7. The number of thioether (sulfide) groups is 1. The summed E-state index contributed by atoms with van der Waals surface area (Å²) in [6, 6.07) is 5.49. The smallest absolute Gasteiger partial charge is 0.341 e. The van der Waals surface area contributed by atoms with Crippen LogP contribution in [0.1, 0.15) is 50.0 Å². The van der Waals surface area contributed by atoms with Crippen molar-refractivity contribution >= 4 is 57.5 Å². The van der Waals surface area contributed by atoms with Gasteiger partial charge in [-0.05, 0) is 44.0 Å². The average molecular weight is 564 g/mol. The number of primary amides is 1. The molecule has 196 valence electrons. The first-order valence-electron chi connectivity index (χ1n) is 11.0. The van der Waals surface area contributed by atoms with Crippen molar-refractivity contribution in [3.8, 4) is 5.75 Å². The summed E-state index contributed by atoms with van der Waals surface area (Å²) >= 11 is 8.33. The van der Waals surface area contributed by atoms with Crippen molar-refractivity contribution in [3.63, 3.8) is 0 Å². The second kappa shape index (κ2) is 12.3. The van der Waals surface area contributed by atoms with Crippen LogP contribution < -0.4 is 15.8 Å². The Hall–Kier alpha value is -3.35. The highest BCUT2D eigenvalue weighted by Gasteiger charge is 2.26. The molecule has 13 heteroatoms. The summed E-state index contributed by atoms with van der Waals surface area (Å²) in [5.41, 5.74) is 6.85. The lowest BCUT2D eigenvalue weighted by Gasteiger charge is -2.17. The van der Waals surface area contributed by atoms with E-state index in [9.17, 15) is 14.4 Å². The third-order valence-electron chi connectivity index (χ3n) is 5.16. The Kier molecular flexibility index (Phi) is 9.35. The molecule has 3 N–H and O–H groups in total. The molecule has 2 aromatic heterocycles. The zero-order valence-corrected chi connectivity index (χ0v) is 23.1. The molecular weight excluding hydrogens is 538 g/mol. The maximum atomic E-state index is 12.7. The lowest BCUT2D eigenvalue weighted by atomic mass is 10.1. The number of carbonyl (C=O) groups excluding carboxylic acids is 3. The van der Waals surface area contributed by atoms with Crippen molar-refractivity contribution in [3.05, 3.63) is 63.3 Å². The van der Waals surface area contributed by atoms with E-state index in [0.717, 1.165) is 28.7 Å². The van der Waals surface area contributed by atoms with Crippen LogP contribution >= 0.6 is 34.7 Å². The van der Waals surface area contributed by atoms with Crippen molar-refractivity contribution in [2.45, 2.75) is 38.6 Å². The van der Waals surface area contributed by atoms with Gasteiger partial charge in [0.2, 0.25) is 5.91 Å². The number of nitrogens with zero attached hydrogens (tertiary/aromatic N) is 3. The van der Waals surface area contributed by atoms with Crippen LogP contribution in [0.4, 0.5) is 5.00 Å². The number of amides is 2. The standard InChI is InChI=1S/C24H26ClN5O5S2/c1-6-9-30-21(14(4)35-16-10-12(2)7-8-15(16)25)28-29-24(30)36-11-17(31)27-22-18(23(33)34-5)13(3)19(37-22)20(26)32/h6-8,10,14H,1,9,11H2,2-5H3,(H2,26,32)(H,27,31). The minimum atomic E-state index is -0.698. The predicted molar refractivity (Wildman–Crippen MR) is 144 cm³/mol. The number of carbonyl (C=O) groups is 3. The molecule has 0 aliphatic carbocycles. The molecule has 1 aromatic carbocycles. The lowest BCUT2D eigenvalue weighted by molar-refractivity contribution is -0.113. The van der Waals surface area contributed by atoms with Crippen LogP contribution in [0.15, 0.2) is 36.0 Å². The van der Waals surface area contributed by atoms with E-state index in [1.165, 1.54) is 7.11 Å². The number of aromatic nitrogens is 3. The second-order valence-electron chi connectivity index (χ2n) is 7.89. The molecule has 0 radical (unpaired) electrons. The molecule has 0 fully saturated rings. The minimum absolute atomic E-state index is 0.0440. The molecule has 0 saturated carbocycles. The molecular formula is C24H26ClN5O5S2. The molecule has 0 bridgehead atoms. The van der Waals surface area contributed by atoms with Crippen molar-refractivity contribution in [2.75, 3.05) is 18.2 Å². The number of hydrogen-bond acceptors (Lipinski definition) is 9. The van der Waals surface area contributed by atoms with Crippen LogP contribution in [0.5, 0.6) is 5.75 Å². The number of nitrogens with one attached hydrogen (secondary N) is 1. The summed E-state index contributed by atoms with van der Waals surface area (Å²) < 4.78 is 12.6. The number of ether oxygens (including phenoxy) is 2. The third-order valence-corrected chi connectivity index (χ3v) is 7.66. The number of rotatable bonds is 11. The number of thiophene rings is 1. The average Bonchev–Trinajstić information content (AvgIpc) is 3.40. The number of hydrogen-bond donors (Lipinski definition) is 2. The molecule has 1 atom stereocenters. The molecule has 0 aliphatic rings. The molecule has 1 unspecified atom stereocenters. The van der Waals surface area contributed by atoms with E-state index in [1.807, 2.05) is 26.0 Å². The number of aryl methyl sites for hydroxylation is 1. The Labute approximate surface area is 227 Å². The van der Waals surface area contributed by atoms with Gasteiger partial charge in [0.1, 0.15) is 10.8 Å². The second-order valence-corrected chi connectivity index (χ2v) is 10.3. The molecule has 3 rings (SSSR count). The molecule has 0 spiro atoms. The Morgan fingerprint density at radius 1 is 1.32 bits per heavy atom. The first-order valence-corrected chi connectivity index (χ1v) is 13.2. The lowest BCUT2D eigenvalue weighted by Crippen LogP contribution is -2.17. The van der Waals surface area contributed by atoms with Gasteiger partial charge in [-0.1, -0.05) is 35.5 Å². The van der Waals surface area contributed by atoms with Gasteiger partial charge in [0.15, 0.2) is 17.1 Å². The number of methoxy groups -OCH3 is 1. The van der Waals surface area contributed by atoms with Crippen molar-refractivity contribution in [2.24, 2.45) is 5.73 Å². The number of halogens is 1. The van der Waals surface area contributed by atoms with Gasteiger partial charge in [-0.15, -0.1) is 28.1 Å². The SMILES string of the molecule is C=CCn1c(SCC(=O)Nc2sc(C(N)=O)c(C)c2C(=O)OC)nnc1C(C)Oc1cc(C)ccc1Cl. The zero-order chi connectivity index (χ0) is 27.3. The van der Waals surface area contributed by atoms with E-state index in [0.29, 0.717) is 33.9 Å². The summed E-state index contributed by atoms with van der Waals surface area (Å²) in [6.07, 6.45) is 1.20. The van der Waals surface area contributed by atoms with E-state index in [1.54, 1.807) is 23.6 Å². The largest absolute Gasteiger partial charge is 0.481 e. The highest BCUT2D eigenvalue weighted by atomic mass is 35.5. The Morgan fingerprint density at radius 2 is 2.05 bits per heavy atom. The fourth-order valence-corrected chi connectivity index (χ4v) is 5.41. The fraction of sp³-hybridized carbons (Fsp3) is 0.292. The van der Waals surface area contributed by atoms with Gasteiger partial charge in [-0.25, -0.2) is 4.79 Å². The van der Waals surface area contributed by atoms with Gasteiger partial charge < -0.3 is 20.5 Å². The number of anilines is 1. The van der Waals surface area contributed by atoms with Gasteiger partial charge >= 0.3 is 5.97 Å². The van der Waals surface area contributed by atoms with Crippen LogP contribution in [-0.4, -0.2) is 45.4 Å². The van der Waals surface area contributed by atoms with E-state index < -0.39 is 23.9 Å². The quantitative estimate of drug-likeness (QED) is 0.197. The maximum absolute atomic E-state index is 12.7. The van der Waals surface area contributed by atoms with Gasteiger partial charge in [0.05, 0.1) is 28.3 Å². The number of nitrogens with two attached hydrogens (primary N) is 1. The topological polar surface area (TPSA) is 138 Å². The summed E-state index contributed by atoms with van der Waals surface area (Å²) in [5.74, 6) is -0.777. The van der Waals surface area contributed by atoms with E-state index >= 15 is 0 Å². The van der Waals surface area contributed by atoms with Crippen LogP contribution in [0.2, 0.25) is 5.02 Å².